The van der Waals surface area contributed by atoms with Crippen molar-refractivity contribution in [2.24, 2.45) is 5.14 Å². The summed E-state index contributed by atoms with van der Waals surface area (Å²) in [4.78, 5) is 12.2. The molecule has 3 aromatic carbocycles. The molecule has 0 spiro atoms. The summed E-state index contributed by atoms with van der Waals surface area (Å²) >= 11 is 0. The van der Waals surface area contributed by atoms with Gasteiger partial charge in [0.2, 0.25) is 5.91 Å². The van der Waals surface area contributed by atoms with Crippen LogP contribution in [-0.2, 0) is 28.0 Å². The first-order chi connectivity index (χ1) is 13.4. The molecule has 0 saturated carbocycles. The average Bonchev–Trinajstić information content (AvgIpc) is 2.67. The van der Waals surface area contributed by atoms with Crippen molar-refractivity contribution in [2.75, 3.05) is 4.72 Å². The molecule has 1 amide bonds. The number of nitrogens with one attached hydrogen (secondary N) is 2. The van der Waals surface area contributed by atoms with Gasteiger partial charge in [-0.15, -0.1) is 0 Å². The van der Waals surface area contributed by atoms with Crippen molar-refractivity contribution >= 4 is 21.8 Å². The first-order valence-corrected chi connectivity index (χ1v) is 10.2. The summed E-state index contributed by atoms with van der Waals surface area (Å²) in [7, 11) is -3.83. The molecular weight excluding hydrogens is 374 g/mol. The van der Waals surface area contributed by atoms with E-state index < -0.39 is 10.2 Å². The fourth-order valence-corrected chi connectivity index (χ4v) is 3.26. The van der Waals surface area contributed by atoms with Crippen LogP contribution >= 0.6 is 0 Å². The van der Waals surface area contributed by atoms with Crippen LogP contribution in [0.2, 0.25) is 0 Å². The summed E-state index contributed by atoms with van der Waals surface area (Å²) in [6.07, 6.45) is 0.268. The SMILES string of the molecule is NS(=O)(=O)Nc1cccc(CNC(=O)Cc2ccc(-c3ccccc3)cc2)c1. The van der Waals surface area contributed by atoms with Gasteiger partial charge < -0.3 is 5.32 Å². The molecule has 0 aliphatic heterocycles. The van der Waals surface area contributed by atoms with Gasteiger partial charge in [0.15, 0.2) is 0 Å². The maximum Gasteiger partial charge on any atom is 0.296 e. The van der Waals surface area contributed by atoms with Crippen LogP contribution in [0.3, 0.4) is 0 Å². The molecule has 0 bridgehead atoms. The molecule has 0 atom stereocenters. The van der Waals surface area contributed by atoms with E-state index in [0.717, 1.165) is 22.3 Å². The van der Waals surface area contributed by atoms with Gasteiger partial charge in [-0.25, -0.2) is 5.14 Å². The van der Waals surface area contributed by atoms with Gasteiger partial charge in [0.1, 0.15) is 0 Å². The zero-order chi connectivity index (χ0) is 20.0. The Labute approximate surface area is 164 Å². The quantitative estimate of drug-likeness (QED) is 0.573. The number of carbonyl (C=O) groups is 1. The van der Waals surface area contributed by atoms with E-state index in [1.165, 1.54) is 0 Å². The molecule has 7 heteroatoms. The highest BCUT2D eigenvalue weighted by Gasteiger charge is 2.06. The normalized spacial score (nSPS) is 11.0. The average molecular weight is 395 g/mol. The summed E-state index contributed by atoms with van der Waals surface area (Å²) in [6, 6.07) is 24.6. The van der Waals surface area contributed by atoms with Crippen molar-refractivity contribution in [1.82, 2.24) is 5.32 Å². The van der Waals surface area contributed by atoms with E-state index in [4.69, 9.17) is 5.14 Å². The monoisotopic (exact) mass is 395 g/mol. The second kappa shape index (κ2) is 8.69. The smallest absolute Gasteiger partial charge is 0.296 e. The Balaban J connectivity index is 1.55. The topological polar surface area (TPSA) is 101 Å². The summed E-state index contributed by atoms with van der Waals surface area (Å²) in [5.41, 5.74) is 4.27. The van der Waals surface area contributed by atoms with Crippen LogP contribution in [-0.4, -0.2) is 14.3 Å². The Morgan fingerprint density at radius 3 is 2.18 bits per heavy atom. The summed E-state index contributed by atoms with van der Waals surface area (Å²) < 4.78 is 24.4. The highest BCUT2D eigenvalue weighted by Crippen LogP contribution is 2.19. The van der Waals surface area contributed by atoms with Crippen LogP contribution in [0.5, 0.6) is 0 Å². The van der Waals surface area contributed by atoms with E-state index in [1.54, 1.807) is 24.3 Å². The Morgan fingerprint density at radius 2 is 1.50 bits per heavy atom. The molecule has 0 saturated heterocycles. The molecule has 6 nitrogen and oxygen atoms in total. The van der Waals surface area contributed by atoms with Gasteiger partial charge >= 0.3 is 0 Å². The fourth-order valence-electron chi connectivity index (χ4n) is 2.80. The third-order valence-corrected chi connectivity index (χ3v) is 4.62. The van der Waals surface area contributed by atoms with Crippen LogP contribution in [0.4, 0.5) is 5.69 Å². The Bertz CT molecular complexity index is 1050. The molecule has 0 fully saturated rings. The fraction of sp³-hybridized carbons (Fsp3) is 0.0952. The third-order valence-electron chi connectivity index (χ3n) is 4.10. The largest absolute Gasteiger partial charge is 0.352 e. The number of anilines is 1. The Kier molecular flexibility index (Phi) is 6.08. The maximum absolute atomic E-state index is 12.2. The number of amides is 1. The van der Waals surface area contributed by atoms with Gasteiger partial charge in [0.25, 0.3) is 10.2 Å². The second-order valence-corrected chi connectivity index (χ2v) is 7.66. The molecule has 28 heavy (non-hydrogen) atoms. The number of benzene rings is 3. The molecule has 3 rings (SSSR count). The van der Waals surface area contributed by atoms with E-state index in [0.29, 0.717) is 12.2 Å². The molecule has 144 valence electrons. The molecule has 3 aromatic rings. The summed E-state index contributed by atoms with van der Waals surface area (Å²) in [5, 5.41) is 7.80. The van der Waals surface area contributed by atoms with Gasteiger partial charge in [-0.05, 0) is 34.4 Å². The summed E-state index contributed by atoms with van der Waals surface area (Å²) in [5.74, 6) is -0.114. The molecule has 0 heterocycles. The summed E-state index contributed by atoms with van der Waals surface area (Å²) in [6.45, 7) is 0.293. The maximum atomic E-state index is 12.2. The van der Waals surface area contributed by atoms with Crippen LogP contribution in [0.15, 0.2) is 78.9 Å². The van der Waals surface area contributed by atoms with Crippen molar-refractivity contribution in [3.05, 3.63) is 90.0 Å². The third kappa shape index (κ3) is 5.94. The van der Waals surface area contributed by atoms with E-state index >= 15 is 0 Å². The highest BCUT2D eigenvalue weighted by atomic mass is 32.2. The van der Waals surface area contributed by atoms with Gasteiger partial charge in [0.05, 0.1) is 12.1 Å². The van der Waals surface area contributed by atoms with Gasteiger partial charge in [-0.3, -0.25) is 9.52 Å². The zero-order valence-corrected chi connectivity index (χ0v) is 15.9. The molecule has 0 aromatic heterocycles. The number of nitrogens with two attached hydrogens (primary N) is 1. The Morgan fingerprint density at radius 1 is 0.821 bits per heavy atom. The van der Waals surface area contributed by atoms with Crippen LogP contribution < -0.4 is 15.2 Å². The predicted octanol–water partition coefficient (Wildman–Crippen LogP) is 2.83. The van der Waals surface area contributed by atoms with Crippen molar-refractivity contribution in [2.45, 2.75) is 13.0 Å². The second-order valence-electron chi connectivity index (χ2n) is 6.36. The van der Waals surface area contributed by atoms with Crippen molar-refractivity contribution in [3.8, 4) is 11.1 Å². The predicted molar refractivity (Wildman–Crippen MR) is 111 cm³/mol. The number of hydrogen-bond acceptors (Lipinski definition) is 3. The lowest BCUT2D eigenvalue weighted by Gasteiger charge is -2.09. The van der Waals surface area contributed by atoms with Gasteiger partial charge in [-0.1, -0.05) is 66.7 Å². The Hall–Kier alpha value is -3.16. The van der Waals surface area contributed by atoms with Crippen LogP contribution in [0.25, 0.3) is 11.1 Å². The molecule has 0 aliphatic carbocycles. The minimum atomic E-state index is -3.83. The lowest BCUT2D eigenvalue weighted by molar-refractivity contribution is -0.120. The van der Waals surface area contributed by atoms with Gasteiger partial charge in [0, 0.05) is 6.54 Å². The van der Waals surface area contributed by atoms with E-state index in [2.05, 4.69) is 10.0 Å². The van der Waals surface area contributed by atoms with Crippen molar-refractivity contribution < 1.29 is 13.2 Å². The van der Waals surface area contributed by atoms with Crippen molar-refractivity contribution in [1.29, 1.82) is 0 Å². The van der Waals surface area contributed by atoms with E-state index in [1.807, 2.05) is 54.6 Å². The van der Waals surface area contributed by atoms with E-state index in [9.17, 15) is 13.2 Å². The van der Waals surface area contributed by atoms with Crippen LogP contribution in [0, 0.1) is 0 Å². The lowest BCUT2D eigenvalue weighted by atomic mass is 10.0. The first-order valence-electron chi connectivity index (χ1n) is 8.69. The van der Waals surface area contributed by atoms with Gasteiger partial charge in [-0.2, -0.15) is 8.42 Å². The zero-order valence-electron chi connectivity index (χ0n) is 15.1. The van der Waals surface area contributed by atoms with Crippen LogP contribution in [0.1, 0.15) is 11.1 Å². The number of hydrogen-bond donors (Lipinski definition) is 3. The molecule has 0 radical (unpaired) electrons. The minimum absolute atomic E-state index is 0.114. The minimum Gasteiger partial charge on any atom is -0.352 e. The number of rotatable bonds is 7. The molecule has 0 unspecified atom stereocenters. The van der Waals surface area contributed by atoms with Crippen molar-refractivity contribution in [3.63, 3.8) is 0 Å². The standard InChI is InChI=1S/C21H21N3O3S/c22-28(26,27)24-20-8-4-5-17(13-20)15-23-21(25)14-16-9-11-19(12-10-16)18-6-2-1-3-7-18/h1-13,24H,14-15H2,(H,23,25)(H2,22,26,27). The molecular formula is C21H21N3O3S. The first kappa shape index (κ1) is 19.6. The lowest BCUT2D eigenvalue weighted by Crippen LogP contribution is -2.25. The highest BCUT2D eigenvalue weighted by molar-refractivity contribution is 7.90. The number of carbonyl (C=O) groups excluding carboxylic acids is 1. The van der Waals surface area contributed by atoms with E-state index in [-0.39, 0.29) is 12.3 Å². The molecule has 0 aliphatic rings. The molecule has 4 N–H and O–H groups in total.